The molecule has 0 aromatic carbocycles. The number of carboxylic acids is 1. The average Bonchev–Trinajstić information content (AvgIpc) is 2.34. The van der Waals surface area contributed by atoms with Gasteiger partial charge < -0.3 is 10.0 Å². The highest BCUT2D eigenvalue weighted by molar-refractivity contribution is 5.86. The largest absolute Gasteiger partial charge is 0.480 e. The van der Waals surface area contributed by atoms with Crippen molar-refractivity contribution >= 4 is 11.9 Å². The number of halogens is 3. The van der Waals surface area contributed by atoms with Crippen molar-refractivity contribution < 1.29 is 27.9 Å². The lowest BCUT2D eigenvalue weighted by Gasteiger charge is -2.27. The SMILES string of the molecule is CC(C(=O)O)N(Cc1cccnc1)C(=O)C(F)(F)F. The van der Waals surface area contributed by atoms with E-state index >= 15 is 0 Å². The standard InChI is InChI=1S/C11H11F3N2O3/c1-7(9(17)18)16(10(19)11(12,13)14)6-8-3-2-4-15-5-8/h2-5,7H,6H2,1H3,(H,17,18). The summed E-state index contributed by atoms with van der Waals surface area (Å²) >= 11 is 0. The molecule has 0 aliphatic heterocycles. The van der Waals surface area contributed by atoms with Crippen molar-refractivity contribution in [3.8, 4) is 0 Å². The Balaban J connectivity index is 3.00. The van der Waals surface area contributed by atoms with Gasteiger partial charge >= 0.3 is 18.1 Å². The maximum absolute atomic E-state index is 12.4. The maximum Gasteiger partial charge on any atom is 0.471 e. The Hall–Kier alpha value is -2.12. The first kappa shape index (κ1) is 14.9. The lowest BCUT2D eigenvalue weighted by molar-refractivity contribution is -0.190. The molecule has 0 saturated carbocycles. The molecule has 19 heavy (non-hydrogen) atoms. The number of nitrogens with zero attached hydrogens (tertiary/aromatic N) is 2. The second-order valence-corrected chi connectivity index (χ2v) is 3.81. The second kappa shape index (κ2) is 5.68. The monoisotopic (exact) mass is 276 g/mol. The molecule has 8 heteroatoms. The minimum atomic E-state index is -5.12. The van der Waals surface area contributed by atoms with Crippen LogP contribution in [-0.4, -0.2) is 39.1 Å². The number of aromatic nitrogens is 1. The molecule has 1 rings (SSSR count). The Morgan fingerprint density at radius 1 is 1.47 bits per heavy atom. The number of hydrogen-bond acceptors (Lipinski definition) is 3. The summed E-state index contributed by atoms with van der Waals surface area (Å²) in [5.41, 5.74) is 0.313. The number of alkyl halides is 3. The first-order valence-electron chi connectivity index (χ1n) is 5.23. The number of hydrogen-bond donors (Lipinski definition) is 1. The van der Waals surface area contributed by atoms with Crippen LogP contribution in [0.3, 0.4) is 0 Å². The van der Waals surface area contributed by atoms with Gasteiger partial charge in [0.15, 0.2) is 0 Å². The minimum Gasteiger partial charge on any atom is -0.480 e. The smallest absolute Gasteiger partial charge is 0.471 e. The van der Waals surface area contributed by atoms with Gasteiger partial charge in [0.05, 0.1) is 0 Å². The molecule has 1 aromatic heterocycles. The van der Waals surface area contributed by atoms with Crippen LogP contribution in [0.15, 0.2) is 24.5 Å². The first-order chi connectivity index (χ1) is 8.73. The van der Waals surface area contributed by atoms with Crippen LogP contribution in [0.2, 0.25) is 0 Å². The van der Waals surface area contributed by atoms with Crippen LogP contribution < -0.4 is 0 Å². The van der Waals surface area contributed by atoms with Gasteiger partial charge in [0.25, 0.3) is 0 Å². The number of carbonyl (C=O) groups excluding carboxylic acids is 1. The molecule has 0 bridgehead atoms. The average molecular weight is 276 g/mol. The third-order valence-corrected chi connectivity index (χ3v) is 2.40. The van der Waals surface area contributed by atoms with Crippen molar-refractivity contribution in [2.75, 3.05) is 0 Å². The summed E-state index contributed by atoms with van der Waals surface area (Å²) in [5.74, 6) is -3.70. The Labute approximate surface area is 106 Å². The van der Waals surface area contributed by atoms with Crippen LogP contribution in [0.1, 0.15) is 12.5 Å². The Kier molecular flexibility index (Phi) is 4.47. The molecule has 1 atom stereocenters. The van der Waals surface area contributed by atoms with Crippen LogP contribution >= 0.6 is 0 Å². The predicted octanol–water partition coefficient (Wildman–Crippen LogP) is 1.45. The topological polar surface area (TPSA) is 70.5 Å². The summed E-state index contributed by atoms with van der Waals surface area (Å²) in [5, 5.41) is 8.77. The van der Waals surface area contributed by atoms with E-state index in [4.69, 9.17) is 5.11 Å². The zero-order valence-electron chi connectivity index (χ0n) is 9.89. The lowest BCUT2D eigenvalue weighted by Crippen LogP contribution is -2.48. The highest BCUT2D eigenvalue weighted by Crippen LogP contribution is 2.21. The molecule has 0 spiro atoms. The molecular formula is C11H11F3N2O3. The number of rotatable bonds is 4. The second-order valence-electron chi connectivity index (χ2n) is 3.81. The highest BCUT2D eigenvalue weighted by Gasteiger charge is 2.45. The third kappa shape index (κ3) is 3.94. The number of amides is 1. The molecular weight excluding hydrogens is 265 g/mol. The molecule has 1 amide bonds. The molecule has 0 saturated heterocycles. The summed E-state index contributed by atoms with van der Waals surface area (Å²) in [6, 6.07) is 1.35. The molecule has 0 aliphatic carbocycles. The van der Waals surface area contributed by atoms with Gasteiger partial charge in [-0.15, -0.1) is 0 Å². The van der Waals surface area contributed by atoms with Crippen LogP contribution in [0.4, 0.5) is 13.2 Å². The summed E-state index contributed by atoms with van der Waals surface area (Å²) in [6.45, 7) is 0.544. The van der Waals surface area contributed by atoms with E-state index in [2.05, 4.69) is 4.98 Å². The van der Waals surface area contributed by atoms with Gasteiger partial charge in [-0.3, -0.25) is 9.78 Å². The summed E-state index contributed by atoms with van der Waals surface area (Å²) in [6.07, 6.45) is -2.43. The molecule has 1 heterocycles. The van der Waals surface area contributed by atoms with E-state index < -0.39 is 30.6 Å². The minimum absolute atomic E-state index is 0.249. The number of carbonyl (C=O) groups is 2. The quantitative estimate of drug-likeness (QED) is 0.903. The molecule has 104 valence electrons. The summed E-state index contributed by atoms with van der Waals surface area (Å²) in [7, 11) is 0. The third-order valence-electron chi connectivity index (χ3n) is 2.40. The zero-order chi connectivity index (χ0) is 14.6. The van der Waals surface area contributed by atoms with Crippen molar-refractivity contribution in [3.05, 3.63) is 30.1 Å². The van der Waals surface area contributed by atoms with E-state index in [1.54, 1.807) is 0 Å². The van der Waals surface area contributed by atoms with Crippen molar-refractivity contribution in [1.82, 2.24) is 9.88 Å². The Morgan fingerprint density at radius 3 is 2.53 bits per heavy atom. The van der Waals surface area contributed by atoms with E-state index in [1.807, 2.05) is 0 Å². The zero-order valence-corrected chi connectivity index (χ0v) is 9.89. The van der Waals surface area contributed by atoms with Crippen molar-refractivity contribution in [3.63, 3.8) is 0 Å². The van der Waals surface area contributed by atoms with Crippen LogP contribution in [-0.2, 0) is 16.1 Å². The van der Waals surface area contributed by atoms with Gasteiger partial charge in [0.2, 0.25) is 0 Å². The van der Waals surface area contributed by atoms with Gasteiger partial charge in [-0.25, -0.2) is 4.79 Å². The van der Waals surface area contributed by atoms with Crippen molar-refractivity contribution in [1.29, 1.82) is 0 Å². The van der Waals surface area contributed by atoms with Crippen LogP contribution in [0, 0.1) is 0 Å². The fraction of sp³-hybridized carbons (Fsp3) is 0.364. The van der Waals surface area contributed by atoms with Crippen molar-refractivity contribution in [2.45, 2.75) is 25.7 Å². The summed E-state index contributed by atoms with van der Waals surface area (Å²) in [4.78, 5) is 26.0. The number of carboxylic acid groups (broad SMARTS) is 1. The Morgan fingerprint density at radius 2 is 2.11 bits per heavy atom. The normalized spacial score (nSPS) is 12.8. The van der Waals surface area contributed by atoms with Crippen LogP contribution in [0.5, 0.6) is 0 Å². The highest BCUT2D eigenvalue weighted by atomic mass is 19.4. The fourth-order valence-electron chi connectivity index (χ4n) is 1.37. The van der Waals surface area contributed by atoms with Gasteiger partial charge in [0, 0.05) is 18.9 Å². The molecule has 0 aliphatic rings. The fourth-order valence-corrected chi connectivity index (χ4v) is 1.37. The van der Waals surface area contributed by atoms with E-state index in [0.29, 0.717) is 5.56 Å². The molecule has 1 N–H and O–H groups in total. The van der Waals surface area contributed by atoms with Gasteiger partial charge in [-0.1, -0.05) is 6.07 Å². The predicted molar refractivity (Wildman–Crippen MR) is 57.9 cm³/mol. The molecule has 1 aromatic rings. The molecule has 0 fully saturated rings. The first-order valence-corrected chi connectivity index (χ1v) is 5.23. The Bertz CT molecular complexity index is 462. The lowest BCUT2D eigenvalue weighted by atomic mass is 10.2. The van der Waals surface area contributed by atoms with Crippen molar-refractivity contribution in [2.24, 2.45) is 0 Å². The van der Waals surface area contributed by atoms with E-state index in [0.717, 1.165) is 6.92 Å². The summed E-state index contributed by atoms with van der Waals surface area (Å²) < 4.78 is 37.3. The van der Waals surface area contributed by atoms with Crippen LogP contribution in [0.25, 0.3) is 0 Å². The van der Waals surface area contributed by atoms with E-state index in [1.165, 1.54) is 24.5 Å². The van der Waals surface area contributed by atoms with Gasteiger partial charge in [-0.05, 0) is 18.6 Å². The maximum atomic E-state index is 12.4. The molecule has 5 nitrogen and oxygen atoms in total. The number of pyridine rings is 1. The van der Waals surface area contributed by atoms with Gasteiger partial charge in [0.1, 0.15) is 6.04 Å². The van der Waals surface area contributed by atoms with E-state index in [-0.39, 0.29) is 4.90 Å². The molecule has 0 radical (unpaired) electrons. The number of aliphatic carboxylic acids is 1. The van der Waals surface area contributed by atoms with E-state index in [9.17, 15) is 22.8 Å². The molecule has 1 unspecified atom stereocenters. The van der Waals surface area contributed by atoms with Gasteiger partial charge in [-0.2, -0.15) is 13.2 Å².